The van der Waals surface area contributed by atoms with Crippen molar-refractivity contribution in [3.8, 4) is 16.2 Å². The van der Waals surface area contributed by atoms with Crippen LogP contribution in [-0.4, -0.2) is 38.2 Å². The van der Waals surface area contributed by atoms with Crippen molar-refractivity contribution in [1.82, 2.24) is 25.1 Å². The van der Waals surface area contributed by atoms with Gasteiger partial charge in [0.1, 0.15) is 16.3 Å². The first-order valence-corrected chi connectivity index (χ1v) is 10.7. The lowest BCUT2D eigenvalue weighted by Crippen LogP contribution is -2.31. The zero-order chi connectivity index (χ0) is 21.3. The Balaban J connectivity index is 1.60. The number of methoxy groups -OCH3 is 1. The summed E-state index contributed by atoms with van der Waals surface area (Å²) in [7, 11) is 1.66. The first kappa shape index (κ1) is 20.3. The van der Waals surface area contributed by atoms with Crippen molar-refractivity contribution in [2.45, 2.75) is 39.9 Å². The molecule has 0 radical (unpaired) electrons. The molecule has 3 heterocycles. The summed E-state index contributed by atoms with van der Waals surface area (Å²) < 4.78 is 5.88. The van der Waals surface area contributed by atoms with Crippen molar-refractivity contribution in [2.75, 3.05) is 7.11 Å². The van der Waals surface area contributed by atoms with Gasteiger partial charge in [0.15, 0.2) is 0 Å². The molecule has 2 N–H and O–H groups in total. The number of hydrogen-bond donors (Lipinski definition) is 2. The summed E-state index contributed by atoms with van der Waals surface area (Å²) in [5.74, 6) is 1.51. The van der Waals surface area contributed by atoms with E-state index in [9.17, 15) is 4.79 Å². The van der Waals surface area contributed by atoms with Crippen LogP contribution in [0.5, 0.6) is 5.75 Å². The number of nitrogens with one attached hydrogen (secondary N) is 2. The summed E-state index contributed by atoms with van der Waals surface area (Å²) in [4.78, 5) is 23.7. The number of ether oxygens (including phenoxy) is 1. The molecule has 0 amide bonds. The number of nitrogens with zero attached hydrogens (tertiary/aromatic N) is 3. The summed E-state index contributed by atoms with van der Waals surface area (Å²) in [6.07, 6.45) is 1.78. The minimum Gasteiger partial charge on any atom is -0.497 e. The van der Waals surface area contributed by atoms with Crippen LogP contribution >= 0.6 is 11.3 Å². The van der Waals surface area contributed by atoms with E-state index in [0.29, 0.717) is 23.1 Å². The van der Waals surface area contributed by atoms with Crippen LogP contribution in [0.2, 0.25) is 0 Å². The molecule has 4 aromatic rings. The Morgan fingerprint density at radius 3 is 2.60 bits per heavy atom. The molecule has 0 unspecified atom stereocenters. The molecular weight excluding hydrogens is 398 g/mol. The third-order valence-corrected chi connectivity index (χ3v) is 6.31. The predicted molar refractivity (Wildman–Crippen MR) is 120 cm³/mol. The average molecular weight is 424 g/mol. The molecule has 0 aliphatic rings. The van der Waals surface area contributed by atoms with Crippen molar-refractivity contribution in [3.05, 3.63) is 64.0 Å². The molecule has 0 aliphatic carbocycles. The second kappa shape index (κ2) is 8.41. The minimum absolute atomic E-state index is 0.0967. The van der Waals surface area contributed by atoms with Crippen LogP contribution in [0.1, 0.15) is 30.9 Å². The Bertz CT molecular complexity index is 1210. The molecule has 156 valence electrons. The molecular formula is C22H25N5O2S. The maximum Gasteiger partial charge on any atom is 0.268 e. The third kappa shape index (κ3) is 4.15. The van der Waals surface area contributed by atoms with Gasteiger partial charge >= 0.3 is 0 Å². The minimum atomic E-state index is -0.0967. The number of fused-ring (bicyclic) bond motifs is 1. The quantitative estimate of drug-likeness (QED) is 0.467. The Hall–Kier alpha value is -2.97. The molecule has 7 nitrogen and oxygen atoms in total. The average Bonchev–Trinajstić information content (AvgIpc) is 3.34. The lowest BCUT2D eigenvalue weighted by atomic mass is 10.2. The molecule has 0 fully saturated rings. The van der Waals surface area contributed by atoms with Gasteiger partial charge in [0.2, 0.25) is 0 Å². The molecule has 8 heteroatoms. The molecule has 3 aromatic heterocycles. The number of thiophene rings is 1. The second-order valence-electron chi connectivity index (χ2n) is 7.59. The van der Waals surface area contributed by atoms with Crippen molar-refractivity contribution in [2.24, 2.45) is 0 Å². The SMILES string of the molecule is COc1ccc(CN(Cc2nc3cc(-c4cn[nH]c4C)sc3c(=O)[nH]2)C(C)C)cc1. The predicted octanol–water partition coefficient (Wildman–Crippen LogP) is 4.10. The van der Waals surface area contributed by atoms with Crippen molar-refractivity contribution < 1.29 is 4.74 Å². The summed E-state index contributed by atoms with van der Waals surface area (Å²) in [5, 5.41) is 7.02. The molecule has 0 saturated carbocycles. The zero-order valence-electron chi connectivity index (χ0n) is 17.5. The summed E-state index contributed by atoms with van der Waals surface area (Å²) in [6, 6.07) is 10.3. The fourth-order valence-corrected chi connectivity index (χ4v) is 4.43. The maximum atomic E-state index is 12.7. The highest BCUT2D eigenvalue weighted by Gasteiger charge is 2.16. The normalized spacial score (nSPS) is 11.7. The van der Waals surface area contributed by atoms with Gasteiger partial charge in [0.05, 0.1) is 25.4 Å². The third-order valence-electron chi connectivity index (χ3n) is 5.16. The number of aromatic amines is 2. The summed E-state index contributed by atoms with van der Waals surface area (Å²) in [5.41, 5.74) is 3.79. The molecule has 4 rings (SSSR count). The number of aryl methyl sites for hydroxylation is 1. The molecule has 0 spiro atoms. The van der Waals surface area contributed by atoms with Crippen molar-refractivity contribution in [1.29, 1.82) is 0 Å². The number of H-pyrrole nitrogens is 2. The van der Waals surface area contributed by atoms with E-state index in [1.807, 2.05) is 25.1 Å². The Kier molecular flexibility index (Phi) is 5.69. The molecule has 1 aromatic carbocycles. The van der Waals surface area contributed by atoms with Gasteiger partial charge in [-0.15, -0.1) is 11.3 Å². The van der Waals surface area contributed by atoms with Gasteiger partial charge in [0.25, 0.3) is 5.56 Å². The van der Waals surface area contributed by atoms with E-state index in [1.165, 1.54) is 16.9 Å². The van der Waals surface area contributed by atoms with E-state index in [0.717, 1.165) is 33.9 Å². The smallest absolute Gasteiger partial charge is 0.268 e. The van der Waals surface area contributed by atoms with Crippen LogP contribution in [0.25, 0.3) is 20.7 Å². The van der Waals surface area contributed by atoms with Gasteiger partial charge < -0.3 is 9.72 Å². The number of aromatic nitrogens is 4. The van der Waals surface area contributed by atoms with E-state index in [-0.39, 0.29) is 5.56 Å². The van der Waals surface area contributed by atoms with Gasteiger partial charge in [-0.3, -0.25) is 14.8 Å². The van der Waals surface area contributed by atoms with E-state index in [4.69, 9.17) is 9.72 Å². The van der Waals surface area contributed by atoms with Crippen LogP contribution in [-0.2, 0) is 13.1 Å². The van der Waals surface area contributed by atoms with E-state index >= 15 is 0 Å². The van der Waals surface area contributed by atoms with Gasteiger partial charge in [-0.05, 0) is 44.5 Å². The number of benzene rings is 1. The van der Waals surface area contributed by atoms with Crippen LogP contribution in [0.4, 0.5) is 0 Å². The van der Waals surface area contributed by atoms with Gasteiger partial charge in [-0.25, -0.2) is 4.98 Å². The monoisotopic (exact) mass is 423 g/mol. The lowest BCUT2D eigenvalue weighted by Gasteiger charge is -2.26. The fraction of sp³-hybridized carbons (Fsp3) is 0.318. The van der Waals surface area contributed by atoms with E-state index in [2.05, 4.69) is 46.1 Å². The molecule has 0 saturated heterocycles. The summed E-state index contributed by atoms with van der Waals surface area (Å²) in [6.45, 7) is 7.57. The first-order valence-electron chi connectivity index (χ1n) is 9.84. The number of rotatable bonds is 7. The van der Waals surface area contributed by atoms with Gasteiger partial charge in [0, 0.05) is 28.7 Å². The van der Waals surface area contributed by atoms with Crippen LogP contribution in [0, 0.1) is 6.92 Å². The molecule has 30 heavy (non-hydrogen) atoms. The van der Waals surface area contributed by atoms with E-state index < -0.39 is 0 Å². The zero-order valence-corrected chi connectivity index (χ0v) is 18.3. The Labute approximate surface area is 178 Å². The standard InChI is InChI=1S/C22H25N5O2S/c1-13(2)27(11-15-5-7-16(29-4)8-6-15)12-20-24-18-9-19(17-10-23-26-14(17)3)30-21(18)22(28)25-20/h5-10,13H,11-12H2,1-4H3,(H,23,26)(H,24,25,28). The summed E-state index contributed by atoms with van der Waals surface area (Å²) >= 11 is 1.44. The first-order chi connectivity index (χ1) is 14.4. The van der Waals surface area contributed by atoms with Crippen molar-refractivity contribution in [3.63, 3.8) is 0 Å². The molecule has 0 bridgehead atoms. The fourth-order valence-electron chi connectivity index (χ4n) is 3.37. The maximum absolute atomic E-state index is 12.7. The lowest BCUT2D eigenvalue weighted by molar-refractivity contribution is 0.198. The highest BCUT2D eigenvalue weighted by Crippen LogP contribution is 2.32. The number of hydrogen-bond acceptors (Lipinski definition) is 6. The van der Waals surface area contributed by atoms with Gasteiger partial charge in [-0.1, -0.05) is 12.1 Å². The van der Waals surface area contributed by atoms with E-state index in [1.54, 1.807) is 13.3 Å². The highest BCUT2D eigenvalue weighted by molar-refractivity contribution is 7.22. The van der Waals surface area contributed by atoms with Gasteiger partial charge in [-0.2, -0.15) is 5.10 Å². The topological polar surface area (TPSA) is 86.9 Å². The Morgan fingerprint density at radius 1 is 1.20 bits per heavy atom. The van der Waals surface area contributed by atoms with Crippen molar-refractivity contribution >= 4 is 21.6 Å². The van der Waals surface area contributed by atoms with Crippen LogP contribution < -0.4 is 10.3 Å². The van der Waals surface area contributed by atoms with Crippen LogP contribution in [0.3, 0.4) is 0 Å². The molecule has 0 aliphatic heterocycles. The second-order valence-corrected chi connectivity index (χ2v) is 8.65. The largest absolute Gasteiger partial charge is 0.497 e. The molecule has 0 atom stereocenters. The van der Waals surface area contributed by atoms with Crippen LogP contribution in [0.15, 0.2) is 41.3 Å². The Morgan fingerprint density at radius 2 is 1.97 bits per heavy atom. The highest BCUT2D eigenvalue weighted by atomic mass is 32.1.